The minimum Gasteiger partial charge on any atom is -0.456 e. The standard InChI is InChI=1S/C54H33NO2/c1-2-14-36-30-40(27-26-34(36)12-1)37-17-9-18-41(31-37)55(48-23-11-25-50-53(48)45-29-28-35-13-5-6-19-42(35)54(45)57-50)47-22-8-7-20-43(47)44-21-10-24-49-52(44)46-32-38-15-3-4-16-39(38)33-51(46)56-49/h1-33H. The first-order valence-corrected chi connectivity index (χ1v) is 19.4. The Hall–Kier alpha value is -7.62. The molecule has 0 fully saturated rings. The molecule has 266 valence electrons. The molecule has 0 unspecified atom stereocenters. The number of hydrogen-bond donors (Lipinski definition) is 0. The van der Waals surface area contributed by atoms with Gasteiger partial charge in [0.15, 0.2) is 0 Å². The Bertz CT molecular complexity index is 3550. The van der Waals surface area contributed by atoms with Crippen LogP contribution < -0.4 is 4.90 Å². The van der Waals surface area contributed by atoms with Gasteiger partial charge in [0.25, 0.3) is 0 Å². The van der Waals surface area contributed by atoms with E-state index in [0.29, 0.717) is 0 Å². The van der Waals surface area contributed by atoms with E-state index in [0.717, 1.165) is 93.8 Å². The third-order valence-corrected chi connectivity index (χ3v) is 11.6. The van der Waals surface area contributed by atoms with Crippen LogP contribution in [-0.4, -0.2) is 0 Å². The van der Waals surface area contributed by atoms with Gasteiger partial charge < -0.3 is 13.7 Å². The lowest BCUT2D eigenvalue weighted by atomic mass is 9.95. The molecule has 10 aromatic carbocycles. The van der Waals surface area contributed by atoms with Crippen molar-refractivity contribution in [3.8, 4) is 22.3 Å². The van der Waals surface area contributed by atoms with E-state index in [1.165, 1.54) is 21.7 Å². The molecule has 0 saturated carbocycles. The van der Waals surface area contributed by atoms with Crippen LogP contribution in [0.2, 0.25) is 0 Å². The zero-order chi connectivity index (χ0) is 37.5. The first-order chi connectivity index (χ1) is 28.2. The second kappa shape index (κ2) is 12.5. The Labute approximate surface area is 328 Å². The van der Waals surface area contributed by atoms with Gasteiger partial charge in [-0.2, -0.15) is 0 Å². The maximum atomic E-state index is 6.77. The van der Waals surface area contributed by atoms with Crippen molar-refractivity contribution in [3.05, 3.63) is 200 Å². The van der Waals surface area contributed by atoms with Gasteiger partial charge in [-0.25, -0.2) is 0 Å². The van der Waals surface area contributed by atoms with Gasteiger partial charge in [-0.3, -0.25) is 0 Å². The highest BCUT2D eigenvalue weighted by molar-refractivity contribution is 6.21. The van der Waals surface area contributed by atoms with E-state index >= 15 is 0 Å². The van der Waals surface area contributed by atoms with Crippen LogP contribution in [0.15, 0.2) is 209 Å². The maximum Gasteiger partial charge on any atom is 0.143 e. The Balaban J connectivity index is 1.14. The minimum atomic E-state index is 0.849. The monoisotopic (exact) mass is 727 g/mol. The highest BCUT2D eigenvalue weighted by Crippen LogP contribution is 2.49. The maximum absolute atomic E-state index is 6.77. The fourth-order valence-corrected chi connectivity index (χ4v) is 8.96. The molecule has 0 atom stereocenters. The zero-order valence-electron chi connectivity index (χ0n) is 30.8. The normalized spacial score (nSPS) is 11.9. The molecule has 0 aliphatic carbocycles. The average molecular weight is 728 g/mol. The molecule has 2 heterocycles. The molecule has 57 heavy (non-hydrogen) atoms. The summed E-state index contributed by atoms with van der Waals surface area (Å²) in [6.07, 6.45) is 0. The van der Waals surface area contributed by atoms with E-state index in [9.17, 15) is 0 Å². The van der Waals surface area contributed by atoms with Gasteiger partial charge in [0, 0.05) is 32.8 Å². The number of furan rings is 2. The molecule has 2 aromatic heterocycles. The van der Waals surface area contributed by atoms with Crippen molar-refractivity contribution in [1.29, 1.82) is 0 Å². The van der Waals surface area contributed by atoms with Crippen molar-refractivity contribution in [1.82, 2.24) is 0 Å². The zero-order valence-corrected chi connectivity index (χ0v) is 30.8. The summed E-state index contributed by atoms with van der Waals surface area (Å²) in [4.78, 5) is 2.42. The Morgan fingerprint density at radius 1 is 0.316 bits per heavy atom. The van der Waals surface area contributed by atoms with E-state index in [2.05, 4.69) is 205 Å². The lowest BCUT2D eigenvalue weighted by molar-refractivity contribution is 0.669. The van der Waals surface area contributed by atoms with Gasteiger partial charge in [-0.1, -0.05) is 140 Å². The highest BCUT2D eigenvalue weighted by Gasteiger charge is 2.24. The Morgan fingerprint density at radius 3 is 1.82 bits per heavy atom. The van der Waals surface area contributed by atoms with Crippen molar-refractivity contribution in [2.24, 2.45) is 0 Å². The largest absolute Gasteiger partial charge is 0.456 e. The lowest BCUT2D eigenvalue weighted by Gasteiger charge is -2.29. The van der Waals surface area contributed by atoms with Crippen LogP contribution in [0.1, 0.15) is 0 Å². The predicted molar refractivity (Wildman–Crippen MR) is 239 cm³/mol. The topological polar surface area (TPSA) is 29.5 Å². The highest BCUT2D eigenvalue weighted by atomic mass is 16.3. The number of anilines is 3. The SMILES string of the molecule is c1cc(-c2ccc3ccccc3c2)cc(N(c2ccccc2-c2cccc3oc4cc5ccccc5cc4c23)c2cccc3oc4c5ccccc5ccc4c23)c1. The summed E-state index contributed by atoms with van der Waals surface area (Å²) in [5, 5.41) is 11.4. The van der Waals surface area contributed by atoms with Crippen LogP contribution in [0.4, 0.5) is 17.1 Å². The van der Waals surface area contributed by atoms with Crippen LogP contribution in [0, 0.1) is 0 Å². The number of fused-ring (bicyclic) bond motifs is 10. The molecular formula is C54H33NO2. The molecule has 0 spiro atoms. The summed E-state index contributed by atoms with van der Waals surface area (Å²) >= 11 is 0. The van der Waals surface area contributed by atoms with Crippen LogP contribution in [0.25, 0.3) is 98.4 Å². The Kier molecular flexibility index (Phi) is 6.93. The predicted octanol–water partition coefficient (Wildman–Crippen LogP) is 15.7. The van der Waals surface area contributed by atoms with Gasteiger partial charge in [-0.15, -0.1) is 0 Å². The van der Waals surface area contributed by atoms with E-state index in [1.54, 1.807) is 0 Å². The average Bonchev–Trinajstić information content (AvgIpc) is 3.84. The number of rotatable bonds is 5. The molecular weight excluding hydrogens is 695 g/mol. The minimum absolute atomic E-state index is 0.849. The Morgan fingerprint density at radius 2 is 0.947 bits per heavy atom. The lowest BCUT2D eigenvalue weighted by Crippen LogP contribution is -2.11. The molecule has 12 rings (SSSR count). The molecule has 3 nitrogen and oxygen atoms in total. The van der Waals surface area contributed by atoms with Crippen molar-refractivity contribution in [3.63, 3.8) is 0 Å². The molecule has 0 bridgehead atoms. The molecule has 3 heteroatoms. The van der Waals surface area contributed by atoms with Gasteiger partial charge in [0.1, 0.15) is 22.3 Å². The van der Waals surface area contributed by atoms with Crippen molar-refractivity contribution in [2.75, 3.05) is 4.90 Å². The number of nitrogens with zero attached hydrogens (tertiary/aromatic N) is 1. The van der Waals surface area contributed by atoms with Crippen LogP contribution in [0.3, 0.4) is 0 Å². The fourth-order valence-electron chi connectivity index (χ4n) is 8.96. The molecule has 0 aliphatic rings. The van der Waals surface area contributed by atoms with Crippen molar-refractivity contribution < 1.29 is 8.83 Å². The molecule has 0 N–H and O–H groups in total. The number of para-hydroxylation sites is 1. The summed E-state index contributed by atoms with van der Waals surface area (Å²) in [7, 11) is 0. The van der Waals surface area contributed by atoms with Crippen LogP contribution in [0.5, 0.6) is 0 Å². The third kappa shape index (κ3) is 4.99. The number of hydrogen-bond acceptors (Lipinski definition) is 3. The van der Waals surface area contributed by atoms with E-state index in [1.807, 2.05) is 0 Å². The van der Waals surface area contributed by atoms with Gasteiger partial charge >= 0.3 is 0 Å². The number of benzene rings is 10. The summed E-state index contributed by atoms with van der Waals surface area (Å²) < 4.78 is 13.4. The first kappa shape index (κ1) is 31.7. The molecule has 0 radical (unpaired) electrons. The summed E-state index contributed by atoms with van der Waals surface area (Å²) in [6.45, 7) is 0. The van der Waals surface area contributed by atoms with Crippen LogP contribution >= 0.6 is 0 Å². The summed E-state index contributed by atoms with van der Waals surface area (Å²) in [5.41, 5.74) is 11.2. The molecule has 0 amide bonds. The quantitative estimate of drug-likeness (QED) is 0.177. The van der Waals surface area contributed by atoms with Crippen LogP contribution in [-0.2, 0) is 0 Å². The molecule has 0 aliphatic heterocycles. The first-order valence-electron chi connectivity index (χ1n) is 19.4. The van der Waals surface area contributed by atoms with Crippen molar-refractivity contribution in [2.45, 2.75) is 0 Å². The van der Waals surface area contributed by atoms with Gasteiger partial charge in [0.2, 0.25) is 0 Å². The van der Waals surface area contributed by atoms with Gasteiger partial charge in [-0.05, 0) is 104 Å². The van der Waals surface area contributed by atoms with Gasteiger partial charge in [0.05, 0.1) is 16.8 Å². The van der Waals surface area contributed by atoms with Crippen molar-refractivity contribution >= 4 is 93.3 Å². The van der Waals surface area contributed by atoms with E-state index < -0.39 is 0 Å². The van der Waals surface area contributed by atoms with E-state index in [4.69, 9.17) is 8.83 Å². The molecule has 12 aromatic rings. The summed E-state index contributed by atoms with van der Waals surface area (Å²) in [6, 6.07) is 71.6. The second-order valence-electron chi connectivity index (χ2n) is 14.9. The molecule has 0 saturated heterocycles. The smallest absolute Gasteiger partial charge is 0.143 e. The third-order valence-electron chi connectivity index (χ3n) is 11.6. The van der Waals surface area contributed by atoms with E-state index in [-0.39, 0.29) is 0 Å². The fraction of sp³-hybridized carbons (Fsp3) is 0. The second-order valence-corrected chi connectivity index (χ2v) is 14.9. The summed E-state index contributed by atoms with van der Waals surface area (Å²) in [5.74, 6) is 0.